The van der Waals surface area contributed by atoms with Crippen LogP contribution in [-0.4, -0.2) is 44.3 Å². The van der Waals surface area contributed by atoms with E-state index < -0.39 is 28.5 Å². The van der Waals surface area contributed by atoms with Crippen LogP contribution in [0.3, 0.4) is 0 Å². The van der Waals surface area contributed by atoms with Crippen molar-refractivity contribution in [1.29, 1.82) is 0 Å². The SMILES string of the molecule is CC[C@@H](C(=O)NCC(C)C)N(Cc1ccc(Cl)c(Cl)c1)C(=O)CN(c1cccc(Cl)c1C)S(=O)(=O)c1ccccc1. The summed E-state index contributed by atoms with van der Waals surface area (Å²) in [7, 11) is -4.19. The van der Waals surface area contributed by atoms with Gasteiger partial charge in [0.05, 0.1) is 20.6 Å². The Labute approximate surface area is 257 Å². The van der Waals surface area contributed by atoms with Crippen molar-refractivity contribution in [2.24, 2.45) is 5.92 Å². The van der Waals surface area contributed by atoms with E-state index in [9.17, 15) is 18.0 Å². The van der Waals surface area contributed by atoms with Crippen LogP contribution in [0.2, 0.25) is 15.1 Å². The summed E-state index contributed by atoms with van der Waals surface area (Å²) >= 11 is 18.7. The fourth-order valence-electron chi connectivity index (χ4n) is 4.28. The zero-order chi connectivity index (χ0) is 30.3. The molecule has 3 aromatic carbocycles. The maximum absolute atomic E-state index is 14.1. The summed E-state index contributed by atoms with van der Waals surface area (Å²) in [6, 6.07) is 16.8. The van der Waals surface area contributed by atoms with Gasteiger partial charge in [-0.25, -0.2) is 8.42 Å². The Morgan fingerprint density at radius 3 is 2.20 bits per heavy atom. The van der Waals surface area contributed by atoms with E-state index in [4.69, 9.17) is 34.8 Å². The van der Waals surface area contributed by atoms with Crippen LogP contribution >= 0.6 is 34.8 Å². The number of carbonyl (C=O) groups excluding carboxylic acids is 2. The Hall–Kier alpha value is -2.78. The molecule has 0 fully saturated rings. The van der Waals surface area contributed by atoms with E-state index >= 15 is 0 Å². The predicted molar refractivity (Wildman–Crippen MR) is 166 cm³/mol. The van der Waals surface area contributed by atoms with Gasteiger partial charge in [-0.15, -0.1) is 0 Å². The number of benzene rings is 3. The molecule has 0 aliphatic heterocycles. The molecule has 0 aromatic heterocycles. The van der Waals surface area contributed by atoms with Crippen LogP contribution in [0.25, 0.3) is 0 Å². The average molecular weight is 639 g/mol. The summed E-state index contributed by atoms with van der Waals surface area (Å²) in [5, 5.41) is 3.92. The minimum Gasteiger partial charge on any atom is -0.354 e. The topological polar surface area (TPSA) is 86.8 Å². The molecule has 0 bridgehead atoms. The summed E-state index contributed by atoms with van der Waals surface area (Å²) in [4.78, 5) is 28.9. The van der Waals surface area contributed by atoms with Gasteiger partial charge in [0, 0.05) is 18.1 Å². The van der Waals surface area contributed by atoms with Crippen LogP contribution in [0.4, 0.5) is 5.69 Å². The molecule has 0 saturated carbocycles. The van der Waals surface area contributed by atoms with E-state index in [0.29, 0.717) is 39.2 Å². The lowest BCUT2D eigenvalue weighted by Crippen LogP contribution is -2.52. The van der Waals surface area contributed by atoms with Crippen LogP contribution in [0, 0.1) is 12.8 Å². The fourth-order valence-corrected chi connectivity index (χ4v) is 6.26. The number of hydrogen-bond acceptors (Lipinski definition) is 4. The second kappa shape index (κ2) is 14.4. The molecule has 2 amide bonds. The van der Waals surface area contributed by atoms with Gasteiger partial charge in [0.1, 0.15) is 12.6 Å². The van der Waals surface area contributed by atoms with Gasteiger partial charge in [-0.1, -0.05) is 85.9 Å². The first-order valence-electron chi connectivity index (χ1n) is 13.2. The first-order chi connectivity index (χ1) is 19.4. The maximum atomic E-state index is 14.1. The number of nitrogens with one attached hydrogen (secondary N) is 1. The van der Waals surface area contributed by atoms with Gasteiger partial charge in [-0.3, -0.25) is 13.9 Å². The van der Waals surface area contributed by atoms with Gasteiger partial charge in [0.15, 0.2) is 0 Å². The van der Waals surface area contributed by atoms with Crippen molar-refractivity contribution in [3.63, 3.8) is 0 Å². The third kappa shape index (κ3) is 8.16. The number of hydrogen-bond donors (Lipinski definition) is 1. The molecule has 3 aromatic rings. The van der Waals surface area contributed by atoms with Crippen molar-refractivity contribution in [1.82, 2.24) is 10.2 Å². The molecule has 7 nitrogen and oxygen atoms in total. The van der Waals surface area contributed by atoms with E-state index in [-0.39, 0.29) is 29.0 Å². The summed E-state index contributed by atoms with van der Waals surface area (Å²) in [6.45, 7) is 7.32. The Balaban J connectivity index is 2.09. The van der Waals surface area contributed by atoms with E-state index in [2.05, 4.69) is 5.32 Å². The molecular weight excluding hydrogens is 605 g/mol. The van der Waals surface area contributed by atoms with Crippen LogP contribution < -0.4 is 9.62 Å². The third-order valence-electron chi connectivity index (χ3n) is 6.53. The highest BCUT2D eigenvalue weighted by Gasteiger charge is 2.34. The zero-order valence-electron chi connectivity index (χ0n) is 23.4. The summed E-state index contributed by atoms with van der Waals surface area (Å²) in [6.07, 6.45) is 0.304. The van der Waals surface area contributed by atoms with Crippen molar-refractivity contribution in [3.05, 3.63) is 92.9 Å². The molecule has 1 N–H and O–H groups in total. The van der Waals surface area contributed by atoms with E-state index in [1.54, 1.807) is 68.4 Å². The molecule has 0 radical (unpaired) electrons. The molecule has 1 atom stereocenters. The normalized spacial score (nSPS) is 12.2. The second-order valence-corrected chi connectivity index (χ2v) is 13.1. The molecule has 3 rings (SSSR count). The molecule has 11 heteroatoms. The summed E-state index contributed by atoms with van der Waals surface area (Å²) in [5.41, 5.74) is 1.40. The zero-order valence-corrected chi connectivity index (χ0v) is 26.5. The highest BCUT2D eigenvalue weighted by molar-refractivity contribution is 7.92. The maximum Gasteiger partial charge on any atom is 0.264 e. The Morgan fingerprint density at radius 2 is 1.59 bits per heavy atom. The van der Waals surface area contributed by atoms with E-state index in [0.717, 1.165) is 4.31 Å². The average Bonchev–Trinajstić information content (AvgIpc) is 2.94. The van der Waals surface area contributed by atoms with Crippen LogP contribution in [0.15, 0.2) is 71.6 Å². The lowest BCUT2D eigenvalue weighted by atomic mass is 10.1. The van der Waals surface area contributed by atoms with Crippen molar-refractivity contribution < 1.29 is 18.0 Å². The number of anilines is 1. The summed E-state index contributed by atoms with van der Waals surface area (Å²) < 4.78 is 28.9. The smallest absolute Gasteiger partial charge is 0.264 e. The lowest BCUT2D eigenvalue weighted by Gasteiger charge is -2.33. The molecular formula is C30H34Cl3N3O4S. The van der Waals surface area contributed by atoms with E-state index in [1.807, 2.05) is 13.8 Å². The summed E-state index contributed by atoms with van der Waals surface area (Å²) in [5.74, 6) is -0.694. The van der Waals surface area contributed by atoms with E-state index in [1.165, 1.54) is 17.0 Å². The highest BCUT2D eigenvalue weighted by Crippen LogP contribution is 2.31. The van der Waals surface area contributed by atoms with Gasteiger partial charge in [-0.05, 0) is 66.8 Å². The minimum atomic E-state index is -4.19. The van der Waals surface area contributed by atoms with Crippen molar-refractivity contribution in [2.75, 3.05) is 17.4 Å². The Morgan fingerprint density at radius 1 is 0.902 bits per heavy atom. The number of amides is 2. The van der Waals surface area contributed by atoms with Crippen molar-refractivity contribution in [2.45, 2.75) is 51.6 Å². The van der Waals surface area contributed by atoms with Gasteiger partial charge in [0.2, 0.25) is 11.8 Å². The molecule has 0 aliphatic rings. The third-order valence-corrected chi connectivity index (χ3v) is 9.45. The minimum absolute atomic E-state index is 0.0110. The largest absolute Gasteiger partial charge is 0.354 e. The van der Waals surface area contributed by atoms with Crippen LogP contribution in [-0.2, 0) is 26.2 Å². The monoisotopic (exact) mass is 637 g/mol. The Bertz CT molecular complexity index is 1480. The molecule has 0 spiro atoms. The molecule has 41 heavy (non-hydrogen) atoms. The second-order valence-electron chi connectivity index (χ2n) is 10.0. The first kappa shape index (κ1) is 32.7. The van der Waals surface area contributed by atoms with Crippen LogP contribution in [0.5, 0.6) is 0 Å². The lowest BCUT2D eigenvalue weighted by molar-refractivity contribution is -0.140. The van der Waals surface area contributed by atoms with Gasteiger partial charge in [-0.2, -0.15) is 0 Å². The quantitative estimate of drug-likeness (QED) is 0.238. The molecule has 0 saturated heterocycles. The first-order valence-corrected chi connectivity index (χ1v) is 15.8. The molecule has 220 valence electrons. The number of carbonyl (C=O) groups is 2. The van der Waals surface area contributed by atoms with Crippen LogP contribution in [0.1, 0.15) is 38.3 Å². The number of sulfonamides is 1. The molecule has 0 unspecified atom stereocenters. The van der Waals surface area contributed by atoms with Gasteiger partial charge in [0.25, 0.3) is 10.0 Å². The number of rotatable bonds is 12. The van der Waals surface area contributed by atoms with Crippen molar-refractivity contribution >= 4 is 62.3 Å². The van der Waals surface area contributed by atoms with Gasteiger partial charge >= 0.3 is 0 Å². The highest BCUT2D eigenvalue weighted by atomic mass is 35.5. The molecule has 0 aliphatic carbocycles. The standard InChI is InChI=1S/C30H34Cl3N3O4S/c1-5-27(30(38)34-17-20(2)3)35(18-22-14-15-25(32)26(33)16-22)29(37)19-36(28-13-9-12-24(31)21(28)4)41(39,40)23-10-7-6-8-11-23/h6-16,20,27H,5,17-19H2,1-4H3,(H,34,38)/t27-/m0/s1. The number of halogens is 3. The fraction of sp³-hybridized carbons (Fsp3) is 0.333. The van der Waals surface area contributed by atoms with Crippen molar-refractivity contribution in [3.8, 4) is 0 Å². The predicted octanol–water partition coefficient (Wildman–Crippen LogP) is 6.73. The Kier molecular flexibility index (Phi) is 11.5. The van der Waals surface area contributed by atoms with Gasteiger partial charge < -0.3 is 10.2 Å². The number of nitrogens with zero attached hydrogens (tertiary/aromatic N) is 2. The molecule has 0 heterocycles.